The summed E-state index contributed by atoms with van der Waals surface area (Å²) in [6, 6.07) is 75.8. The van der Waals surface area contributed by atoms with Crippen molar-refractivity contribution in [1.82, 2.24) is 0 Å². The van der Waals surface area contributed by atoms with Crippen LogP contribution >= 0.6 is 0 Å². The number of benzene rings is 9. The second kappa shape index (κ2) is 13.4. The van der Waals surface area contributed by atoms with E-state index in [9.17, 15) is 0 Å². The highest BCUT2D eigenvalue weighted by molar-refractivity contribution is 6.19. The van der Waals surface area contributed by atoms with Crippen LogP contribution in [0.15, 0.2) is 217 Å². The molecule has 1 heterocycles. The molecule has 0 amide bonds. The Bertz CT molecular complexity index is 2910. The number of furan rings is 1. The average Bonchev–Trinajstić information content (AvgIpc) is 3.64. The zero-order chi connectivity index (χ0) is 35.8. The van der Waals surface area contributed by atoms with E-state index in [1.165, 1.54) is 33.4 Å². The van der Waals surface area contributed by atoms with E-state index in [2.05, 4.69) is 211 Å². The van der Waals surface area contributed by atoms with E-state index in [-0.39, 0.29) is 0 Å². The first-order valence-corrected chi connectivity index (χ1v) is 18.4. The highest BCUT2D eigenvalue weighted by Crippen LogP contribution is 2.45. The van der Waals surface area contributed by atoms with Crippen molar-refractivity contribution in [3.05, 3.63) is 212 Å². The maximum Gasteiger partial charge on any atom is 0.143 e. The minimum absolute atomic E-state index is 0.901. The van der Waals surface area contributed by atoms with E-state index in [1.54, 1.807) is 0 Å². The number of hydrogen-bond donors (Lipinski definition) is 0. The number of hydrogen-bond acceptors (Lipinski definition) is 2. The fourth-order valence-corrected chi connectivity index (χ4v) is 7.85. The van der Waals surface area contributed by atoms with Crippen molar-refractivity contribution in [3.8, 4) is 44.5 Å². The maximum atomic E-state index is 6.63. The van der Waals surface area contributed by atoms with Gasteiger partial charge in [0.05, 0.1) is 5.69 Å². The predicted molar refractivity (Wildman–Crippen MR) is 228 cm³/mol. The molecule has 10 aromatic rings. The van der Waals surface area contributed by atoms with E-state index in [4.69, 9.17) is 4.42 Å². The fraction of sp³-hybridized carbons (Fsp3) is 0. The monoisotopic (exact) mass is 689 g/mol. The van der Waals surface area contributed by atoms with Crippen LogP contribution in [0.2, 0.25) is 0 Å². The molecule has 254 valence electrons. The molecule has 9 aromatic carbocycles. The average molecular weight is 690 g/mol. The van der Waals surface area contributed by atoms with Crippen molar-refractivity contribution in [2.45, 2.75) is 0 Å². The van der Waals surface area contributed by atoms with E-state index in [0.717, 1.165) is 60.9 Å². The summed E-state index contributed by atoms with van der Waals surface area (Å²) in [5, 5.41) is 4.52. The fourth-order valence-electron chi connectivity index (χ4n) is 7.85. The molecule has 2 heteroatoms. The zero-order valence-corrected chi connectivity index (χ0v) is 29.6. The lowest BCUT2D eigenvalue weighted by atomic mass is 9.94. The molecule has 0 aliphatic heterocycles. The van der Waals surface area contributed by atoms with E-state index in [0.29, 0.717) is 0 Å². The topological polar surface area (TPSA) is 16.4 Å². The van der Waals surface area contributed by atoms with Gasteiger partial charge in [0.2, 0.25) is 0 Å². The normalized spacial score (nSPS) is 11.3. The summed E-state index contributed by atoms with van der Waals surface area (Å²) < 4.78 is 6.63. The van der Waals surface area contributed by atoms with Crippen LogP contribution in [0, 0.1) is 0 Å². The van der Waals surface area contributed by atoms with Gasteiger partial charge < -0.3 is 9.32 Å². The Morgan fingerprint density at radius 2 is 0.852 bits per heavy atom. The lowest BCUT2D eigenvalue weighted by molar-refractivity contribution is 0.673. The van der Waals surface area contributed by atoms with Gasteiger partial charge in [-0.05, 0) is 92.9 Å². The molecule has 0 radical (unpaired) electrons. The van der Waals surface area contributed by atoms with Gasteiger partial charge in [-0.15, -0.1) is 0 Å². The van der Waals surface area contributed by atoms with Crippen molar-refractivity contribution in [2.75, 3.05) is 4.90 Å². The van der Waals surface area contributed by atoms with Crippen molar-refractivity contribution in [2.24, 2.45) is 0 Å². The first kappa shape index (κ1) is 31.6. The van der Waals surface area contributed by atoms with Gasteiger partial charge in [-0.25, -0.2) is 0 Å². The Balaban J connectivity index is 1.13. The highest BCUT2D eigenvalue weighted by atomic mass is 16.3. The molecule has 0 fully saturated rings. The van der Waals surface area contributed by atoms with Crippen LogP contribution < -0.4 is 4.90 Å². The van der Waals surface area contributed by atoms with Crippen molar-refractivity contribution in [3.63, 3.8) is 0 Å². The molecule has 0 bridgehead atoms. The number of para-hydroxylation sites is 2. The summed E-state index contributed by atoms with van der Waals surface area (Å²) in [5.41, 5.74) is 14.5. The van der Waals surface area contributed by atoms with Crippen LogP contribution in [0.4, 0.5) is 17.1 Å². The lowest BCUT2D eigenvalue weighted by Crippen LogP contribution is -2.11. The minimum atomic E-state index is 0.901. The van der Waals surface area contributed by atoms with Gasteiger partial charge in [-0.2, -0.15) is 0 Å². The Hall–Kier alpha value is -7.16. The molecule has 0 atom stereocenters. The standard InChI is InChI=1S/C52H35NO/c1-3-13-36(14-4-1)38-25-30-43(31-26-38)53(44-32-27-39(28-33-44)42-19-11-18-41(35-42)37-15-5-2-6-16-37)49-23-9-7-20-45(49)47-22-12-17-40-29-34-48-46-21-8-10-24-50(46)54-52(48)51(40)47/h1-35H. The summed E-state index contributed by atoms with van der Waals surface area (Å²) in [6.45, 7) is 0. The second-order valence-corrected chi connectivity index (χ2v) is 13.7. The molecule has 2 nitrogen and oxygen atoms in total. The smallest absolute Gasteiger partial charge is 0.143 e. The molecule has 0 aliphatic rings. The van der Waals surface area contributed by atoms with E-state index >= 15 is 0 Å². The summed E-state index contributed by atoms with van der Waals surface area (Å²) in [6.07, 6.45) is 0. The van der Waals surface area contributed by atoms with Crippen molar-refractivity contribution < 1.29 is 4.42 Å². The number of anilines is 3. The van der Waals surface area contributed by atoms with Crippen LogP contribution in [0.5, 0.6) is 0 Å². The third-order valence-corrected chi connectivity index (χ3v) is 10.5. The molecule has 0 N–H and O–H groups in total. The van der Waals surface area contributed by atoms with Crippen LogP contribution in [0.3, 0.4) is 0 Å². The molecule has 0 unspecified atom stereocenters. The van der Waals surface area contributed by atoms with Crippen LogP contribution in [0.1, 0.15) is 0 Å². The number of nitrogens with zero attached hydrogens (tertiary/aromatic N) is 1. The summed E-state index contributed by atoms with van der Waals surface area (Å²) in [5.74, 6) is 0. The Labute approximate surface area is 314 Å². The maximum absolute atomic E-state index is 6.63. The van der Waals surface area contributed by atoms with Crippen molar-refractivity contribution >= 4 is 49.8 Å². The van der Waals surface area contributed by atoms with Gasteiger partial charge in [-0.3, -0.25) is 0 Å². The predicted octanol–water partition coefficient (Wildman–Crippen LogP) is 14.9. The quantitative estimate of drug-likeness (QED) is 0.166. The SMILES string of the molecule is c1ccc(-c2ccc(N(c3ccc(-c4cccc(-c5ccccc5)c4)cc3)c3ccccc3-c3cccc4ccc5c6ccccc6oc5c34)cc2)cc1. The van der Waals surface area contributed by atoms with E-state index in [1.807, 2.05) is 6.07 Å². The molecule has 0 aliphatic carbocycles. The van der Waals surface area contributed by atoms with Gasteiger partial charge in [0.1, 0.15) is 11.2 Å². The van der Waals surface area contributed by atoms with Gasteiger partial charge in [0, 0.05) is 33.1 Å². The first-order chi connectivity index (χ1) is 26.8. The molecule has 0 saturated carbocycles. The molecule has 54 heavy (non-hydrogen) atoms. The van der Waals surface area contributed by atoms with Gasteiger partial charge in [0.25, 0.3) is 0 Å². The highest BCUT2D eigenvalue weighted by Gasteiger charge is 2.21. The molecular weight excluding hydrogens is 655 g/mol. The Kier molecular flexibility index (Phi) is 7.85. The molecule has 0 saturated heterocycles. The largest absolute Gasteiger partial charge is 0.455 e. The third-order valence-electron chi connectivity index (χ3n) is 10.5. The molecule has 10 rings (SSSR count). The minimum Gasteiger partial charge on any atom is -0.455 e. The van der Waals surface area contributed by atoms with Crippen LogP contribution in [0.25, 0.3) is 77.2 Å². The Morgan fingerprint density at radius 3 is 1.56 bits per heavy atom. The van der Waals surface area contributed by atoms with Crippen molar-refractivity contribution in [1.29, 1.82) is 0 Å². The summed E-state index contributed by atoms with van der Waals surface area (Å²) >= 11 is 0. The second-order valence-electron chi connectivity index (χ2n) is 13.7. The lowest BCUT2D eigenvalue weighted by Gasteiger charge is -2.28. The summed E-state index contributed by atoms with van der Waals surface area (Å²) in [7, 11) is 0. The molecular formula is C52H35NO. The Morgan fingerprint density at radius 1 is 0.333 bits per heavy atom. The molecule has 1 aromatic heterocycles. The van der Waals surface area contributed by atoms with Crippen LogP contribution in [-0.2, 0) is 0 Å². The summed E-state index contributed by atoms with van der Waals surface area (Å²) in [4.78, 5) is 2.38. The van der Waals surface area contributed by atoms with E-state index < -0.39 is 0 Å². The number of rotatable bonds is 7. The van der Waals surface area contributed by atoms with Gasteiger partial charge in [0.15, 0.2) is 0 Å². The number of fused-ring (bicyclic) bond motifs is 5. The van der Waals surface area contributed by atoms with Gasteiger partial charge >= 0.3 is 0 Å². The van der Waals surface area contributed by atoms with Crippen LogP contribution in [-0.4, -0.2) is 0 Å². The first-order valence-electron chi connectivity index (χ1n) is 18.4. The van der Waals surface area contributed by atoms with Gasteiger partial charge in [-0.1, -0.05) is 164 Å². The third kappa shape index (κ3) is 5.62. The zero-order valence-electron chi connectivity index (χ0n) is 29.6. The molecule has 0 spiro atoms.